The molecule has 123 heavy (non-hydrogen) atoms. The second-order valence-corrected chi connectivity index (χ2v) is 54.1. The first-order chi connectivity index (χ1) is 58.0. The van der Waals surface area contributed by atoms with E-state index in [1.165, 1.54) is 148 Å². The fourth-order valence-corrected chi connectivity index (χ4v) is 35.8. The van der Waals surface area contributed by atoms with Crippen molar-refractivity contribution in [3.63, 3.8) is 0 Å². The minimum absolute atomic E-state index is 0.212. The van der Waals surface area contributed by atoms with Crippen molar-refractivity contribution < 1.29 is 47.1 Å². The first-order valence-corrected chi connectivity index (χ1v) is 55.0. The number of hydrogen-bond donors (Lipinski definition) is 5. The first kappa shape index (κ1) is 94.9. The molecule has 0 aromatic heterocycles. The average Bonchev–Trinajstić information content (AvgIpc) is 1.63. The number of allylic oxidation sites excluding steroid dienone is 3. The summed E-state index contributed by atoms with van der Waals surface area (Å²) in [4.78, 5) is 0.866. The Kier molecular flexibility index (Phi) is 28.1. The van der Waals surface area contributed by atoms with Crippen molar-refractivity contribution in [1.82, 2.24) is 0 Å². The van der Waals surface area contributed by atoms with Crippen LogP contribution in [0.15, 0.2) is 105 Å². The van der Waals surface area contributed by atoms with Crippen LogP contribution in [0, 0.1) is 139 Å². The van der Waals surface area contributed by atoms with Gasteiger partial charge in [-0.2, -0.15) is 0 Å². The summed E-state index contributed by atoms with van der Waals surface area (Å²) in [5, 5.41) is 55.3. The van der Waals surface area contributed by atoms with Gasteiger partial charge in [0.05, 0.1) is 61.0 Å². The van der Waals surface area contributed by atoms with Gasteiger partial charge in [0.25, 0.3) is 0 Å². The second-order valence-electron chi connectivity index (χ2n) is 49.8. The highest BCUT2D eigenvalue weighted by Crippen LogP contribution is 2.70. The second kappa shape index (κ2) is 36.4. The summed E-state index contributed by atoms with van der Waals surface area (Å²) in [5.41, 5.74) is 4.80. The highest BCUT2D eigenvalue weighted by Gasteiger charge is 2.62. The lowest BCUT2D eigenvalue weighted by Gasteiger charge is -2.55. The summed E-state index contributed by atoms with van der Waals surface area (Å²) in [7, 11) is -6.78. The topological polar surface area (TPSA) is 182 Å². The number of aliphatic hydroxyl groups is 5. The van der Waals surface area contributed by atoms with E-state index in [0.29, 0.717) is 98.2 Å². The summed E-state index contributed by atoms with van der Waals surface area (Å²) < 4.78 is 59.7. The van der Waals surface area contributed by atoms with Gasteiger partial charge in [0.1, 0.15) is 0 Å². The van der Waals surface area contributed by atoms with Crippen molar-refractivity contribution in [3.8, 4) is 0 Å². The first-order valence-electron chi connectivity index (χ1n) is 51.8. The van der Waals surface area contributed by atoms with Gasteiger partial charge in [0.15, 0.2) is 19.7 Å². The molecule has 2 aromatic rings. The van der Waals surface area contributed by atoms with Gasteiger partial charge in [-0.15, -0.1) is 0 Å². The molecule has 2 aromatic carbocycles. The molecule has 1 heterocycles. The molecule has 692 valence electrons. The van der Waals surface area contributed by atoms with E-state index >= 15 is 0 Å². The van der Waals surface area contributed by atoms with Crippen LogP contribution < -0.4 is 0 Å². The van der Waals surface area contributed by atoms with Crippen molar-refractivity contribution in [2.75, 3.05) is 12.4 Å². The SMILES string of the molecule is CC1(C)CCC2(CC1)CO2.CC[C@]1(O)CC[C@H]2C(=CC[C@@H]3[C@@H]2CC[C@]2(C)[C@@H]([C@H](C)CC(CC4(O)CCC(C)(C)CC4)S(=O)(=O)c4ccccc4)CC[C@@H]32)C1.CC[C@]1(O)CC[C@H]2C(=CC[C@@H]3[C@@H]2CC[C@]2(C)[C@@H]([C@H](C)CCCC4(O)CCC(C)(C)CC4)CC[C@@H]32)C1.CC[C@]1(O)CC[C@H]2C(=CC[C@@H]3[C@@H]2CC[C@]2(C)[C@@H]([C@H](C)CCS(=O)(=O)c4ccccc4)CC[C@@H]32)C1. The molecule has 16 aliphatic rings. The summed E-state index contributed by atoms with van der Waals surface area (Å²) in [6, 6.07) is 18.0. The van der Waals surface area contributed by atoms with E-state index in [2.05, 4.69) is 122 Å². The smallest absolute Gasteiger partial charge is 0.181 e. The van der Waals surface area contributed by atoms with Crippen molar-refractivity contribution in [2.24, 2.45) is 139 Å². The molecule has 25 atom stereocenters. The van der Waals surface area contributed by atoms with Gasteiger partial charge < -0.3 is 30.3 Å². The van der Waals surface area contributed by atoms with Crippen LogP contribution in [0.25, 0.3) is 0 Å². The lowest BCUT2D eigenvalue weighted by Crippen LogP contribution is -2.48. The fraction of sp³-hybridized carbons (Fsp3) is 0.838. The zero-order valence-corrected chi connectivity index (χ0v) is 81.9. The van der Waals surface area contributed by atoms with Gasteiger partial charge in [-0.3, -0.25) is 0 Å². The third-order valence-corrected chi connectivity index (χ3v) is 45.1. The van der Waals surface area contributed by atoms with Crippen LogP contribution in [-0.2, 0) is 24.4 Å². The summed E-state index contributed by atoms with van der Waals surface area (Å²) in [6.07, 6.45) is 57.2. The molecule has 12 saturated carbocycles. The average molecular weight is 1730 g/mol. The zero-order chi connectivity index (χ0) is 88.0. The molecule has 1 aliphatic heterocycles. The van der Waals surface area contributed by atoms with Gasteiger partial charge in [-0.1, -0.05) is 188 Å². The van der Waals surface area contributed by atoms with E-state index in [9.17, 15) is 42.4 Å². The highest BCUT2D eigenvalue weighted by atomic mass is 32.2. The maximum atomic E-state index is 14.2. The third kappa shape index (κ3) is 20.0. The lowest BCUT2D eigenvalue weighted by molar-refractivity contribution is -0.0484. The number of rotatable bonds is 20. The Hall–Kier alpha value is -2.68. The fourth-order valence-electron chi connectivity index (χ4n) is 32.3. The minimum Gasteiger partial charge on any atom is -0.390 e. The normalized spacial score (nSPS) is 40.9. The van der Waals surface area contributed by atoms with Gasteiger partial charge >= 0.3 is 0 Å². The van der Waals surface area contributed by atoms with Crippen LogP contribution in [0.3, 0.4) is 0 Å². The van der Waals surface area contributed by atoms with E-state index in [1.807, 2.05) is 36.4 Å². The molecule has 10 nitrogen and oxygen atoms in total. The van der Waals surface area contributed by atoms with Gasteiger partial charge in [-0.05, 0) is 439 Å². The van der Waals surface area contributed by atoms with E-state index < -0.39 is 47.3 Å². The molecular formula is C111H176O10S2. The van der Waals surface area contributed by atoms with Gasteiger partial charge in [0, 0.05) is 0 Å². The Morgan fingerprint density at radius 1 is 0.382 bits per heavy atom. The van der Waals surface area contributed by atoms with Crippen LogP contribution in [0.4, 0.5) is 0 Å². The van der Waals surface area contributed by atoms with E-state index in [-0.39, 0.29) is 28.1 Å². The molecule has 1 unspecified atom stereocenters. The largest absolute Gasteiger partial charge is 0.390 e. The molecule has 1 saturated heterocycles. The molecule has 0 radical (unpaired) electrons. The van der Waals surface area contributed by atoms with E-state index in [4.69, 9.17) is 4.74 Å². The molecule has 0 amide bonds. The number of benzene rings is 2. The van der Waals surface area contributed by atoms with Crippen LogP contribution in [0.1, 0.15) is 393 Å². The van der Waals surface area contributed by atoms with E-state index in [1.54, 1.807) is 41.0 Å². The van der Waals surface area contributed by atoms with Crippen molar-refractivity contribution in [3.05, 3.63) is 95.6 Å². The standard InChI is InChI=1S/C39H60O4S.C33H56O2.C30H44O3S.C9H16O/c1-6-38(40)19-17-31-28(25-38)12-13-33-32(31)16-18-37(5)34(14-15-35(33)37)27(2)24-30(44(42,43)29-10-8-7-9-11-29)26-39(41)22-20-36(3,4)21-23-39;1-6-32(34)17-14-25-24(22-32)9-10-27-26(25)13-16-31(5)28(11-12-29(27)31)23(2)8-7-15-33(35)20-18-30(3,4)19-21-33;1-4-30(31)18-15-24-22(20-30)10-11-26-25(24)14-17-29(3)27(12-13-28(26)29)21(2)16-19-34(32,33)23-8-6-5-7-9-23;1-8(2)3-5-9(6-4-8)7-10-9/h7-12,27,30-35,40-41H,6,13-26H2,1-5H3;9,23,25-29,34-35H,6-8,10-22H2,1-5H3;5-10,21,24-28,31H,4,11-20H2,1-3H3;3-7H2,1-2H3/t27-,30?,31+,32-,33-,34-,35+,37-,38+;23-,25+,26-,27-,28-,29+,31-,32+;21-,24+,25-,26-,27-,28+,29-,30+;/m111./s1. The molecule has 12 heteroatoms. The number of hydrogen-bond acceptors (Lipinski definition) is 10. The molecule has 13 fully saturated rings. The summed E-state index contributed by atoms with van der Waals surface area (Å²) in [6.45, 7) is 36.4. The van der Waals surface area contributed by atoms with E-state index in [0.717, 1.165) is 187 Å². The quantitative estimate of drug-likeness (QED) is 0.0632. The van der Waals surface area contributed by atoms with Crippen molar-refractivity contribution >= 4 is 19.7 Å². The predicted molar refractivity (Wildman–Crippen MR) is 504 cm³/mol. The minimum atomic E-state index is -3.57. The van der Waals surface area contributed by atoms with Gasteiger partial charge in [-0.25, -0.2) is 16.8 Å². The molecule has 0 bridgehead atoms. The monoisotopic (exact) mass is 1730 g/mol. The molecule has 5 N–H and O–H groups in total. The predicted octanol–water partition coefficient (Wildman–Crippen LogP) is 26.5. The van der Waals surface area contributed by atoms with Crippen molar-refractivity contribution in [1.29, 1.82) is 0 Å². The van der Waals surface area contributed by atoms with Crippen LogP contribution >= 0.6 is 0 Å². The van der Waals surface area contributed by atoms with Crippen LogP contribution in [0.5, 0.6) is 0 Å². The highest BCUT2D eigenvalue weighted by molar-refractivity contribution is 7.92. The van der Waals surface area contributed by atoms with Crippen LogP contribution in [-0.4, -0.2) is 93.6 Å². The maximum absolute atomic E-state index is 14.2. The Bertz CT molecular complexity index is 4210. The lowest BCUT2D eigenvalue weighted by atomic mass is 9.50. The Balaban J connectivity index is 0.000000136. The molecule has 18 rings (SSSR count). The Morgan fingerprint density at radius 2 is 0.732 bits per heavy atom. The third-order valence-electron chi connectivity index (χ3n) is 41.2. The summed E-state index contributed by atoms with van der Waals surface area (Å²) >= 11 is 0. The van der Waals surface area contributed by atoms with Crippen molar-refractivity contribution in [2.45, 2.75) is 441 Å². The molecular weight excluding hydrogens is 1560 g/mol. The number of epoxide rings is 1. The van der Waals surface area contributed by atoms with Crippen LogP contribution in [0.2, 0.25) is 0 Å². The number of ether oxygens (including phenoxy) is 1. The maximum Gasteiger partial charge on any atom is 0.181 e. The number of fused-ring (bicyclic) bond motifs is 15. The van der Waals surface area contributed by atoms with Gasteiger partial charge in [0.2, 0.25) is 0 Å². The number of sulfone groups is 2. The molecule has 1 spiro atoms. The summed E-state index contributed by atoms with van der Waals surface area (Å²) in [5.74, 6) is 13.1. The Labute approximate surface area is 750 Å². The molecule has 15 aliphatic carbocycles. The Morgan fingerprint density at radius 3 is 1.11 bits per heavy atom. The zero-order valence-electron chi connectivity index (χ0n) is 80.3.